The number of nitrogens with two attached hydrogens (primary N) is 1. The number of likely N-dealkylation sites (tertiary alicyclic amines) is 1. The van der Waals surface area contributed by atoms with Crippen molar-refractivity contribution in [2.45, 2.75) is 30.8 Å². The van der Waals surface area contributed by atoms with Crippen LogP contribution in [0.5, 0.6) is 0 Å². The summed E-state index contributed by atoms with van der Waals surface area (Å²) < 4.78 is 0. The standard InChI is InChI=1S/C19H21N5O2/c20-14-1-2-15(23-16(14)18(26)24-6-3-12(25)9-24)11-7-13-17(21-8-11)22-10-19(13)4-5-19/h1-2,7-8,12,25H,3-6,9-10,20H2,(H,21,22)/t12-/m1/s1. The molecule has 134 valence electrons. The molecule has 2 fully saturated rings. The molecule has 1 spiro atoms. The van der Waals surface area contributed by atoms with E-state index in [-0.39, 0.29) is 17.0 Å². The van der Waals surface area contributed by atoms with E-state index in [9.17, 15) is 9.90 Å². The molecule has 2 aromatic heterocycles. The van der Waals surface area contributed by atoms with Crippen LogP contribution in [0.15, 0.2) is 24.4 Å². The molecule has 5 rings (SSSR count). The summed E-state index contributed by atoms with van der Waals surface area (Å²) in [5, 5.41) is 13.1. The third-order valence-corrected chi connectivity index (χ3v) is 5.78. The summed E-state index contributed by atoms with van der Waals surface area (Å²) in [4.78, 5) is 23.4. The third-order valence-electron chi connectivity index (χ3n) is 5.78. The maximum atomic E-state index is 12.7. The zero-order valence-corrected chi connectivity index (χ0v) is 14.4. The van der Waals surface area contributed by atoms with Crippen LogP contribution in [-0.2, 0) is 5.41 Å². The van der Waals surface area contributed by atoms with Crippen LogP contribution < -0.4 is 11.1 Å². The molecule has 0 radical (unpaired) electrons. The molecule has 1 saturated carbocycles. The first kappa shape index (κ1) is 15.6. The quantitative estimate of drug-likeness (QED) is 0.755. The van der Waals surface area contributed by atoms with Crippen LogP contribution in [0.2, 0.25) is 0 Å². The highest BCUT2D eigenvalue weighted by Crippen LogP contribution is 2.54. The lowest BCUT2D eigenvalue weighted by atomic mass is 9.98. The number of nitrogens with zero attached hydrogens (tertiary/aromatic N) is 3. The number of aliphatic hydroxyl groups is 1. The summed E-state index contributed by atoms with van der Waals surface area (Å²) in [5.41, 5.74) is 9.71. The Balaban J connectivity index is 1.50. The van der Waals surface area contributed by atoms with Crippen molar-refractivity contribution in [3.8, 4) is 11.3 Å². The van der Waals surface area contributed by atoms with Gasteiger partial charge in [0.05, 0.1) is 17.5 Å². The van der Waals surface area contributed by atoms with E-state index in [1.807, 2.05) is 6.07 Å². The normalized spacial score (nSPS) is 22.3. The molecule has 0 unspecified atom stereocenters. The van der Waals surface area contributed by atoms with E-state index in [1.54, 1.807) is 17.2 Å². The SMILES string of the molecule is Nc1ccc(-c2cnc3c(c2)C2(CC2)CN3)nc1C(=O)N1CC[C@@H](O)C1. The molecule has 4 heterocycles. The lowest BCUT2D eigenvalue weighted by Crippen LogP contribution is -2.31. The Kier molecular flexibility index (Phi) is 3.24. The van der Waals surface area contributed by atoms with Gasteiger partial charge in [0.25, 0.3) is 5.91 Å². The molecule has 7 heteroatoms. The Hall–Kier alpha value is -2.67. The average Bonchev–Trinajstić information content (AvgIpc) is 3.17. The van der Waals surface area contributed by atoms with E-state index >= 15 is 0 Å². The zero-order valence-electron chi connectivity index (χ0n) is 14.4. The van der Waals surface area contributed by atoms with Gasteiger partial charge in [-0.15, -0.1) is 0 Å². The van der Waals surface area contributed by atoms with Crippen LogP contribution in [0, 0.1) is 0 Å². The van der Waals surface area contributed by atoms with Gasteiger partial charge < -0.3 is 21.1 Å². The van der Waals surface area contributed by atoms with Gasteiger partial charge in [0, 0.05) is 42.4 Å². The predicted molar refractivity (Wildman–Crippen MR) is 97.8 cm³/mol. The summed E-state index contributed by atoms with van der Waals surface area (Å²) in [6.07, 6.45) is 4.30. The van der Waals surface area contributed by atoms with E-state index in [4.69, 9.17) is 5.73 Å². The predicted octanol–water partition coefficient (Wildman–Crippen LogP) is 1.39. The molecular weight excluding hydrogens is 330 g/mol. The Morgan fingerprint density at radius 3 is 2.96 bits per heavy atom. The highest BCUT2D eigenvalue weighted by atomic mass is 16.3. The smallest absolute Gasteiger partial charge is 0.274 e. The molecule has 2 aliphatic heterocycles. The fourth-order valence-corrected chi connectivity index (χ4v) is 3.97. The largest absolute Gasteiger partial charge is 0.397 e. The van der Waals surface area contributed by atoms with Crippen molar-refractivity contribution in [2.24, 2.45) is 0 Å². The van der Waals surface area contributed by atoms with E-state index in [2.05, 4.69) is 21.4 Å². The Morgan fingerprint density at radius 1 is 1.38 bits per heavy atom. The van der Waals surface area contributed by atoms with Gasteiger partial charge in [-0.05, 0) is 37.5 Å². The van der Waals surface area contributed by atoms with Gasteiger partial charge in [-0.25, -0.2) is 9.97 Å². The number of anilines is 2. The number of fused-ring (bicyclic) bond motifs is 2. The fourth-order valence-electron chi connectivity index (χ4n) is 3.97. The van der Waals surface area contributed by atoms with E-state index < -0.39 is 6.10 Å². The summed E-state index contributed by atoms with van der Waals surface area (Å²) in [5.74, 6) is 0.736. The van der Waals surface area contributed by atoms with Crippen molar-refractivity contribution < 1.29 is 9.90 Å². The van der Waals surface area contributed by atoms with Gasteiger partial charge in [0.1, 0.15) is 5.82 Å². The molecule has 3 aliphatic rings. The first-order chi connectivity index (χ1) is 12.6. The fraction of sp³-hybridized carbons (Fsp3) is 0.421. The zero-order chi connectivity index (χ0) is 17.9. The summed E-state index contributed by atoms with van der Waals surface area (Å²) in [6.45, 7) is 1.81. The van der Waals surface area contributed by atoms with Crippen LogP contribution in [0.3, 0.4) is 0 Å². The van der Waals surface area contributed by atoms with Gasteiger partial charge in [0.2, 0.25) is 0 Å². The van der Waals surface area contributed by atoms with E-state index in [0.29, 0.717) is 30.9 Å². The molecule has 7 nitrogen and oxygen atoms in total. The number of nitrogen functional groups attached to an aromatic ring is 1. The molecular formula is C19H21N5O2. The van der Waals surface area contributed by atoms with Crippen LogP contribution in [0.1, 0.15) is 35.3 Å². The van der Waals surface area contributed by atoms with Crippen molar-refractivity contribution in [2.75, 3.05) is 30.7 Å². The number of amides is 1. The maximum Gasteiger partial charge on any atom is 0.274 e. The third kappa shape index (κ3) is 2.34. The summed E-state index contributed by atoms with van der Waals surface area (Å²) >= 11 is 0. The number of hydrogen-bond donors (Lipinski definition) is 3. The number of hydrogen-bond acceptors (Lipinski definition) is 6. The van der Waals surface area contributed by atoms with E-state index in [0.717, 1.165) is 17.9 Å². The van der Waals surface area contributed by atoms with Gasteiger partial charge >= 0.3 is 0 Å². The van der Waals surface area contributed by atoms with Crippen LogP contribution in [0.4, 0.5) is 11.5 Å². The molecule has 4 N–H and O–H groups in total. The summed E-state index contributed by atoms with van der Waals surface area (Å²) in [6, 6.07) is 5.69. The first-order valence-corrected chi connectivity index (χ1v) is 9.04. The number of aromatic nitrogens is 2. The van der Waals surface area contributed by atoms with Gasteiger partial charge in [-0.2, -0.15) is 0 Å². The molecule has 1 aliphatic carbocycles. The molecule has 26 heavy (non-hydrogen) atoms. The molecule has 0 aromatic carbocycles. The van der Waals surface area contributed by atoms with Crippen molar-refractivity contribution in [3.63, 3.8) is 0 Å². The molecule has 1 atom stereocenters. The van der Waals surface area contributed by atoms with Gasteiger partial charge in [0.15, 0.2) is 5.69 Å². The van der Waals surface area contributed by atoms with Crippen LogP contribution >= 0.6 is 0 Å². The maximum absolute atomic E-state index is 12.7. The monoisotopic (exact) mass is 351 g/mol. The van der Waals surface area contributed by atoms with Crippen molar-refractivity contribution in [1.82, 2.24) is 14.9 Å². The van der Waals surface area contributed by atoms with E-state index in [1.165, 1.54) is 18.4 Å². The second kappa shape index (κ2) is 5.41. The van der Waals surface area contributed by atoms with Gasteiger partial charge in [-0.3, -0.25) is 4.79 Å². The van der Waals surface area contributed by atoms with Gasteiger partial charge in [-0.1, -0.05) is 0 Å². The molecule has 0 bridgehead atoms. The second-order valence-electron chi connectivity index (χ2n) is 7.58. The Morgan fingerprint density at radius 2 is 2.23 bits per heavy atom. The molecule has 1 amide bonds. The minimum atomic E-state index is -0.466. The number of aliphatic hydroxyl groups excluding tert-OH is 1. The molecule has 1 saturated heterocycles. The highest BCUT2D eigenvalue weighted by molar-refractivity contribution is 5.98. The van der Waals surface area contributed by atoms with Crippen LogP contribution in [-0.4, -0.2) is 51.6 Å². The lowest BCUT2D eigenvalue weighted by molar-refractivity contribution is 0.0760. The van der Waals surface area contributed by atoms with Crippen molar-refractivity contribution in [1.29, 1.82) is 0 Å². The number of β-amino-alcohol motifs (C(OH)–C–C–N with tert-alkyl or cyclic N) is 1. The molecule has 2 aromatic rings. The number of rotatable bonds is 2. The first-order valence-electron chi connectivity index (χ1n) is 9.04. The van der Waals surface area contributed by atoms with Crippen LogP contribution in [0.25, 0.3) is 11.3 Å². The number of carbonyl (C=O) groups is 1. The topological polar surface area (TPSA) is 104 Å². The Bertz CT molecular complexity index is 909. The lowest BCUT2D eigenvalue weighted by Gasteiger charge is -2.17. The highest BCUT2D eigenvalue weighted by Gasteiger charge is 2.49. The number of carbonyl (C=O) groups excluding carboxylic acids is 1. The van der Waals surface area contributed by atoms with Crippen molar-refractivity contribution in [3.05, 3.63) is 35.7 Å². The minimum Gasteiger partial charge on any atom is -0.397 e. The van der Waals surface area contributed by atoms with Crippen molar-refractivity contribution >= 4 is 17.4 Å². The Labute approximate surface area is 151 Å². The average molecular weight is 351 g/mol. The summed E-state index contributed by atoms with van der Waals surface area (Å²) in [7, 11) is 0. The second-order valence-corrected chi connectivity index (χ2v) is 7.58. The minimum absolute atomic E-state index is 0.227. The number of pyridine rings is 2. The number of nitrogens with one attached hydrogen (secondary N) is 1.